The molecule has 0 radical (unpaired) electrons. The molecular formula is C20H29BrN2O2S. The number of hydrogen-bond donors (Lipinski definition) is 1. The van der Waals surface area contributed by atoms with Crippen molar-refractivity contribution in [2.75, 3.05) is 19.7 Å². The molecule has 1 aliphatic rings. The highest BCUT2D eigenvalue weighted by Gasteiger charge is 2.16. The molecule has 0 unspecified atom stereocenters. The van der Waals surface area contributed by atoms with Crippen LogP contribution in [-0.4, -0.2) is 35.6 Å². The van der Waals surface area contributed by atoms with Gasteiger partial charge in [-0.05, 0) is 65.6 Å². The highest BCUT2D eigenvalue weighted by molar-refractivity contribution is 9.10. The summed E-state index contributed by atoms with van der Waals surface area (Å²) in [5.74, 6) is 0.600. The van der Waals surface area contributed by atoms with Gasteiger partial charge in [-0.25, -0.2) is 0 Å². The Labute approximate surface area is 170 Å². The van der Waals surface area contributed by atoms with Gasteiger partial charge < -0.3 is 9.64 Å². The van der Waals surface area contributed by atoms with Crippen molar-refractivity contribution in [2.24, 2.45) is 0 Å². The van der Waals surface area contributed by atoms with Gasteiger partial charge in [0.05, 0.1) is 11.1 Å². The van der Waals surface area contributed by atoms with Crippen LogP contribution in [0.15, 0.2) is 22.7 Å². The molecule has 0 spiro atoms. The van der Waals surface area contributed by atoms with Crippen molar-refractivity contribution >= 4 is 39.2 Å². The number of amides is 1. The third-order valence-electron chi connectivity index (χ3n) is 4.56. The zero-order chi connectivity index (χ0) is 18.8. The molecule has 2 rings (SSSR count). The fourth-order valence-corrected chi connectivity index (χ4v) is 3.76. The summed E-state index contributed by atoms with van der Waals surface area (Å²) < 4.78 is 6.59. The Morgan fingerprint density at radius 1 is 1.19 bits per heavy atom. The summed E-state index contributed by atoms with van der Waals surface area (Å²) in [5, 5.41) is 3.40. The number of rotatable bonds is 7. The molecule has 0 aromatic heterocycles. The predicted octanol–water partition coefficient (Wildman–Crippen LogP) is 5.30. The number of likely N-dealkylation sites (tertiary alicyclic amines) is 1. The van der Waals surface area contributed by atoms with E-state index in [1.54, 1.807) is 12.1 Å². The summed E-state index contributed by atoms with van der Waals surface area (Å²) in [6.07, 6.45) is 9.42. The first-order valence-electron chi connectivity index (χ1n) is 9.64. The van der Waals surface area contributed by atoms with Gasteiger partial charge >= 0.3 is 0 Å². The first-order chi connectivity index (χ1) is 12.6. The minimum absolute atomic E-state index is 0.172. The van der Waals surface area contributed by atoms with Crippen molar-refractivity contribution in [3.8, 4) is 5.75 Å². The third-order valence-corrected chi connectivity index (χ3v) is 5.54. The molecule has 1 aromatic carbocycles. The standard InChI is InChI=1S/C20H29BrN2O2S/c1-2-3-4-9-14-25-18-11-10-16(15-17(18)21)19(24)22-20(26)23-12-7-5-6-8-13-23/h10-11,15H,2-9,12-14H2,1H3,(H,22,24,26). The van der Waals surface area contributed by atoms with Gasteiger partial charge in [0.1, 0.15) is 5.75 Å². The van der Waals surface area contributed by atoms with E-state index in [1.807, 2.05) is 6.07 Å². The maximum Gasteiger partial charge on any atom is 0.257 e. The fourth-order valence-electron chi connectivity index (χ4n) is 2.99. The van der Waals surface area contributed by atoms with Gasteiger partial charge in [0, 0.05) is 18.7 Å². The normalized spacial score (nSPS) is 14.6. The highest BCUT2D eigenvalue weighted by atomic mass is 79.9. The van der Waals surface area contributed by atoms with E-state index < -0.39 is 0 Å². The van der Waals surface area contributed by atoms with E-state index in [4.69, 9.17) is 17.0 Å². The Balaban J connectivity index is 1.86. The summed E-state index contributed by atoms with van der Waals surface area (Å²) >= 11 is 8.92. The van der Waals surface area contributed by atoms with Gasteiger partial charge in [0.25, 0.3) is 5.91 Å². The van der Waals surface area contributed by atoms with E-state index in [0.717, 1.165) is 42.6 Å². The van der Waals surface area contributed by atoms with Crippen LogP contribution in [0.3, 0.4) is 0 Å². The number of halogens is 1. The molecule has 6 heteroatoms. The monoisotopic (exact) mass is 440 g/mol. The van der Waals surface area contributed by atoms with E-state index in [2.05, 4.69) is 33.1 Å². The lowest BCUT2D eigenvalue weighted by molar-refractivity contribution is 0.0973. The average molecular weight is 441 g/mol. The Bertz CT molecular complexity index is 601. The quantitative estimate of drug-likeness (QED) is 0.461. The van der Waals surface area contributed by atoms with Crippen molar-refractivity contribution in [2.45, 2.75) is 58.3 Å². The lowest BCUT2D eigenvalue weighted by atomic mass is 10.2. The smallest absolute Gasteiger partial charge is 0.257 e. The van der Waals surface area contributed by atoms with Crippen LogP contribution in [0.2, 0.25) is 0 Å². The van der Waals surface area contributed by atoms with Crippen LogP contribution in [0, 0.1) is 0 Å². The van der Waals surface area contributed by atoms with Gasteiger partial charge in [-0.15, -0.1) is 0 Å². The van der Waals surface area contributed by atoms with Crippen molar-refractivity contribution in [1.82, 2.24) is 10.2 Å². The van der Waals surface area contributed by atoms with E-state index in [1.165, 1.54) is 32.1 Å². The zero-order valence-corrected chi connectivity index (χ0v) is 18.0. The Hall–Kier alpha value is -1.14. The van der Waals surface area contributed by atoms with Gasteiger partial charge in [0.15, 0.2) is 5.11 Å². The number of hydrogen-bond acceptors (Lipinski definition) is 3. The minimum atomic E-state index is -0.172. The molecule has 0 bridgehead atoms. The molecule has 1 N–H and O–H groups in total. The molecular weight excluding hydrogens is 412 g/mol. The van der Waals surface area contributed by atoms with E-state index in [-0.39, 0.29) is 5.91 Å². The molecule has 0 atom stereocenters. The molecule has 1 amide bonds. The maximum absolute atomic E-state index is 12.5. The fraction of sp³-hybridized carbons (Fsp3) is 0.600. The van der Waals surface area contributed by atoms with Gasteiger partial charge in [-0.3, -0.25) is 10.1 Å². The van der Waals surface area contributed by atoms with Crippen LogP contribution in [0.4, 0.5) is 0 Å². The van der Waals surface area contributed by atoms with Crippen molar-refractivity contribution in [3.05, 3.63) is 28.2 Å². The largest absolute Gasteiger partial charge is 0.492 e. The van der Waals surface area contributed by atoms with Crippen LogP contribution in [0.5, 0.6) is 5.75 Å². The number of thiocarbonyl (C=S) groups is 1. The molecule has 1 aliphatic heterocycles. The first-order valence-corrected chi connectivity index (χ1v) is 10.8. The second-order valence-corrected chi connectivity index (χ2v) is 7.96. The molecule has 1 saturated heterocycles. The summed E-state index contributed by atoms with van der Waals surface area (Å²) in [4.78, 5) is 14.6. The van der Waals surface area contributed by atoms with Crippen LogP contribution >= 0.6 is 28.1 Å². The Morgan fingerprint density at radius 3 is 2.58 bits per heavy atom. The summed E-state index contributed by atoms with van der Waals surface area (Å²) in [7, 11) is 0. The number of ether oxygens (including phenoxy) is 1. The van der Waals surface area contributed by atoms with E-state index in [9.17, 15) is 4.79 Å². The van der Waals surface area contributed by atoms with Crippen molar-refractivity contribution < 1.29 is 9.53 Å². The number of unbranched alkanes of at least 4 members (excludes halogenated alkanes) is 3. The second-order valence-electron chi connectivity index (χ2n) is 6.71. The zero-order valence-electron chi connectivity index (χ0n) is 15.6. The molecule has 1 fully saturated rings. The number of carbonyl (C=O) groups excluding carboxylic acids is 1. The van der Waals surface area contributed by atoms with Crippen LogP contribution in [-0.2, 0) is 0 Å². The number of benzene rings is 1. The van der Waals surface area contributed by atoms with Crippen LogP contribution < -0.4 is 10.1 Å². The van der Waals surface area contributed by atoms with E-state index in [0.29, 0.717) is 17.3 Å². The topological polar surface area (TPSA) is 41.6 Å². The SMILES string of the molecule is CCCCCCOc1ccc(C(=O)NC(=S)N2CCCCCC2)cc1Br. The molecule has 0 saturated carbocycles. The molecule has 144 valence electrons. The van der Waals surface area contributed by atoms with Crippen molar-refractivity contribution in [1.29, 1.82) is 0 Å². The Kier molecular flexibility index (Phi) is 9.40. The lowest BCUT2D eigenvalue weighted by Crippen LogP contribution is -2.43. The third kappa shape index (κ3) is 6.88. The van der Waals surface area contributed by atoms with Crippen LogP contribution in [0.25, 0.3) is 0 Å². The first kappa shape index (κ1) is 21.2. The minimum Gasteiger partial charge on any atom is -0.492 e. The Morgan fingerprint density at radius 2 is 1.92 bits per heavy atom. The van der Waals surface area contributed by atoms with Gasteiger partial charge in [-0.1, -0.05) is 39.0 Å². The van der Waals surface area contributed by atoms with Crippen molar-refractivity contribution in [3.63, 3.8) is 0 Å². The molecule has 1 aromatic rings. The molecule has 4 nitrogen and oxygen atoms in total. The highest BCUT2D eigenvalue weighted by Crippen LogP contribution is 2.26. The summed E-state index contributed by atoms with van der Waals surface area (Å²) in [6, 6.07) is 5.42. The van der Waals surface area contributed by atoms with Gasteiger partial charge in [0.2, 0.25) is 0 Å². The predicted molar refractivity (Wildman–Crippen MR) is 114 cm³/mol. The maximum atomic E-state index is 12.5. The molecule has 26 heavy (non-hydrogen) atoms. The van der Waals surface area contributed by atoms with Gasteiger partial charge in [-0.2, -0.15) is 0 Å². The number of carbonyl (C=O) groups is 1. The number of nitrogens with zero attached hydrogens (tertiary/aromatic N) is 1. The molecule has 0 aliphatic carbocycles. The lowest BCUT2D eigenvalue weighted by Gasteiger charge is -2.23. The average Bonchev–Trinajstić information content (AvgIpc) is 2.92. The summed E-state index contributed by atoms with van der Waals surface area (Å²) in [6.45, 7) is 4.74. The van der Waals surface area contributed by atoms with Crippen LogP contribution in [0.1, 0.15) is 68.6 Å². The molecule has 1 heterocycles. The second kappa shape index (κ2) is 11.5. The summed E-state index contributed by atoms with van der Waals surface area (Å²) in [5.41, 5.74) is 0.576. The number of nitrogens with one attached hydrogen (secondary N) is 1. The van der Waals surface area contributed by atoms with E-state index >= 15 is 0 Å².